The van der Waals surface area contributed by atoms with E-state index in [9.17, 15) is 19.2 Å². The summed E-state index contributed by atoms with van der Waals surface area (Å²) in [6.07, 6.45) is 0. The van der Waals surface area contributed by atoms with E-state index >= 15 is 0 Å². The molecule has 21 heavy (non-hydrogen) atoms. The van der Waals surface area contributed by atoms with Crippen molar-refractivity contribution in [2.45, 2.75) is 12.5 Å². The van der Waals surface area contributed by atoms with Gasteiger partial charge >= 0.3 is 12.1 Å². The normalized spacial score (nSPS) is 21.1. The Balaban J connectivity index is 2.21. The van der Waals surface area contributed by atoms with Crippen molar-refractivity contribution in [2.24, 2.45) is 5.73 Å². The van der Waals surface area contributed by atoms with Crippen molar-refractivity contribution >= 4 is 23.9 Å². The molecule has 0 saturated carbocycles. The molecule has 1 aromatic carbocycles. The van der Waals surface area contributed by atoms with E-state index < -0.39 is 36.0 Å². The number of hydrogen-bond acceptors (Lipinski definition) is 4. The smallest absolute Gasteiger partial charge is 0.325 e. The third kappa shape index (κ3) is 2.69. The van der Waals surface area contributed by atoms with E-state index in [0.717, 1.165) is 4.90 Å². The summed E-state index contributed by atoms with van der Waals surface area (Å²) in [6, 6.07) is 6.91. The van der Waals surface area contributed by atoms with Gasteiger partial charge in [0.05, 0.1) is 0 Å². The summed E-state index contributed by atoms with van der Waals surface area (Å²) in [6.45, 7) is 0.977. The Hall–Kier alpha value is -2.90. The number of carbonyl (C=O) groups excluding carboxylic acids is 4. The number of carbonyl (C=O) groups is 4. The molecule has 1 fully saturated rings. The number of amides is 6. The van der Waals surface area contributed by atoms with Crippen LogP contribution in [0.15, 0.2) is 30.3 Å². The van der Waals surface area contributed by atoms with Crippen LogP contribution in [0.2, 0.25) is 0 Å². The summed E-state index contributed by atoms with van der Waals surface area (Å²) in [5, 5.41) is 4.35. The number of primary amides is 1. The van der Waals surface area contributed by atoms with Gasteiger partial charge in [0.25, 0.3) is 5.91 Å². The van der Waals surface area contributed by atoms with Crippen LogP contribution in [0.1, 0.15) is 12.5 Å². The maximum atomic E-state index is 12.4. The molecule has 0 aromatic heterocycles. The molecule has 8 nitrogen and oxygen atoms in total. The largest absolute Gasteiger partial charge is 0.351 e. The molecular weight excluding hydrogens is 276 g/mol. The van der Waals surface area contributed by atoms with Crippen molar-refractivity contribution in [3.63, 3.8) is 0 Å². The van der Waals surface area contributed by atoms with Gasteiger partial charge in [0.2, 0.25) is 5.91 Å². The number of nitrogens with two attached hydrogens (primary N) is 1. The molecule has 1 aliphatic heterocycles. The van der Waals surface area contributed by atoms with Gasteiger partial charge in [-0.15, -0.1) is 0 Å². The van der Waals surface area contributed by atoms with Gasteiger partial charge in [-0.1, -0.05) is 30.3 Å². The maximum absolute atomic E-state index is 12.4. The average Bonchev–Trinajstić information content (AvgIpc) is 2.64. The van der Waals surface area contributed by atoms with E-state index in [-0.39, 0.29) is 0 Å². The van der Waals surface area contributed by atoms with Crippen LogP contribution in [-0.2, 0) is 15.1 Å². The Kier molecular flexibility index (Phi) is 3.62. The van der Waals surface area contributed by atoms with E-state index in [2.05, 4.69) is 5.32 Å². The van der Waals surface area contributed by atoms with Crippen molar-refractivity contribution in [2.75, 3.05) is 6.54 Å². The van der Waals surface area contributed by atoms with Gasteiger partial charge in [-0.25, -0.2) is 9.59 Å². The van der Waals surface area contributed by atoms with Gasteiger partial charge in [0, 0.05) is 0 Å². The maximum Gasteiger partial charge on any atom is 0.325 e. The summed E-state index contributed by atoms with van der Waals surface area (Å²) in [4.78, 5) is 47.1. The Morgan fingerprint density at radius 2 is 1.90 bits per heavy atom. The Bertz CT molecular complexity index is 616. The van der Waals surface area contributed by atoms with Crippen LogP contribution in [0.4, 0.5) is 9.59 Å². The standard InChI is InChI=1S/C13H14N4O4/c1-13(8-5-3-2-4-6-8)10(19)17(12(21)16-13)7-9(18)15-11(14)20/h2-6H,7H2,1H3,(H,16,21)(H3,14,15,18,20)/t13-/m1/s1. The zero-order valence-electron chi connectivity index (χ0n) is 11.3. The van der Waals surface area contributed by atoms with Gasteiger partial charge in [-0.2, -0.15) is 0 Å². The number of urea groups is 2. The number of nitrogens with zero attached hydrogens (tertiary/aromatic N) is 1. The highest BCUT2D eigenvalue weighted by Crippen LogP contribution is 2.28. The summed E-state index contributed by atoms with van der Waals surface area (Å²) in [5.41, 5.74) is 4.16. The van der Waals surface area contributed by atoms with E-state index in [1.807, 2.05) is 0 Å². The molecule has 2 rings (SSSR count). The molecule has 1 saturated heterocycles. The lowest BCUT2D eigenvalue weighted by Crippen LogP contribution is -2.45. The molecule has 0 bridgehead atoms. The van der Waals surface area contributed by atoms with Gasteiger partial charge < -0.3 is 11.1 Å². The van der Waals surface area contributed by atoms with Crippen molar-refractivity contribution in [1.29, 1.82) is 0 Å². The molecule has 110 valence electrons. The molecule has 0 unspecified atom stereocenters. The van der Waals surface area contributed by atoms with Gasteiger partial charge in [-0.3, -0.25) is 19.8 Å². The van der Waals surface area contributed by atoms with E-state index in [1.54, 1.807) is 42.6 Å². The first-order chi connectivity index (χ1) is 9.84. The summed E-state index contributed by atoms with van der Waals surface area (Å²) in [7, 11) is 0. The molecule has 0 spiro atoms. The second-order valence-corrected chi connectivity index (χ2v) is 4.72. The fraction of sp³-hybridized carbons (Fsp3) is 0.231. The van der Waals surface area contributed by atoms with Crippen molar-refractivity contribution in [3.8, 4) is 0 Å². The van der Waals surface area contributed by atoms with Crippen LogP contribution in [0.5, 0.6) is 0 Å². The highest BCUT2D eigenvalue weighted by molar-refractivity contribution is 6.10. The van der Waals surface area contributed by atoms with Gasteiger partial charge in [0.1, 0.15) is 12.1 Å². The lowest BCUT2D eigenvalue weighted by molar-refractivity contribution is -0.134. The molecule has 1 heterocycles. The van der Waals surface area contributed by atoms with Crippen LogP contribution in [0.25, 0.3) is 0 Å². The molecule has 1 atom stereocenters. The lowest BCUT2D eigenvalue weighted by atomic mass is 9.92. The molecular formula is C13H14N4O4. The van der Waals surface area contributed by atoms with Crippen molar-refractivity contribution in [3.05, 3.63) is 35.9 Å². The van der Waals surface area contributed by atoms with Crippen LogP contribution >= 0.6 is 0 Å². The Labute approximate surface area is 120 Å². The number of nitrogens with one attached hydrogen (secondary N) is 2. The monoisotopic (exact) mass is 290 g/mol. The van der Waals surface area contributed by atoms with Crippen LogP contribution in [0.3, 0.4) is 0 Å². The van der Waals surface area contributed by atoms with Crippen molar-refractivity contribution in [1.82, 2.24) is 15.5 Å². The zero-order chi connectivity index (χ0) is 15.6. The minimum absolute atomic E-state index is 0.571. The van der Waals surface area contributed by atoms with Gasteiger partial charge in [0.15, 0.2) is 0 Å². The fourth-order valence-corrected chi connectivity index (χ4v) is 2.13. The topological polar surface area (TPSA) is 122 Å². The fourth-order valence-electron chi connectivity index (χ4n) is 2.13. The molecule has 1 aromatic rings. The molecule has 1 aliphatic rings. The third-order valence-electron chi connectivity index (χ3n) is 3.19. The minimum atomic E-state index is -1.24. The van der Waals surface area contributed by atoms with Crippen molar-refractivity contribution < 1.29 is 19.2 Å². The number of benzene rings is 1. The second kappa shape index (κ2) is 5.23. The molecule has 0 aliphatic carbocycles. The Morgan fingerprint density at radius 3 is 2.48 bits per heavy atom. The molecule has 8 heteroatoms. The first-order valence-corrected chi connectivity index (χ1v) is 6.13. The van der Waals surface area contributed by atoms with E-state index in [1.165, 1.54) is 0 Å². The van der Waals surface area contributed by atoms with E-state index in [0.29, 0.717) is 5.56 Å². The van der Waals surface area contributed by atoms with E-state index in [4.69, 9.17) is 5.73 Å². The summed E-state index contributed by atoms with van der Waals surface area (Å²) < 4.78 is 0. The molecule has 0 radical (unpaired) electrons. The predicted molar refractivity (Wildman–Crippen MR) is 71.8 cm³/mol. The predicted octanol–water partition coefficient (Wildman–Crippen LogP) is -0.351. The first kappa shape index (κ1) is 14.5. The third-order valence-corrected chi connectivity index (χ3v) is 3.19. The Morgan fingerprint density at radius 1 is 1.29 bits per heavy atom. The quantitative estimate of drug-likeness (QED) is 0.658. The molecule has 4 N–H and O–H groups in total. The zero-order valence-corrected chi connectivity index (χ0v) is 11.3. The first-order valence-electron chi connectivity index (χ1n) is 6.13. The summed E-state index contributed by atoms with van der Waals surface area (Å²) >= 11 is 0. The van der Waals surface area contributed by atoms with Crippen LogP contribution < -0.4 is 16.4 Å². The SMILES string of the molecule is C[C@]1(c2ccccc2)NC(=O)N(CC(=O)NC(N)=O)C1=O. The van der Waals surface area contributed by atoms with Crippen LogP contribution in [-0.4, -0.2) is 35.3 Å². The average molecular weight is 290 g/mol. The number of hydrogen-bond donors (Lipinski definition) is 3. The molecule has 6 amide bonds. The second-order valence-electron chi connectivity index (χ2n) is 4.72. The number of imide groups is 2. The van der Waals surface area contributed by atoms with Crippen LogP contribution in [0, 0.1) is 0 Å². The highest BCUT2D eigenvalue weighted by atomic mass is 16.2. The van der Waals surface area contributed by atoms with Gasteiger partial charge in [-0.05, 0) is 12.5 Å². The highest BCUT2D eigenvalue weighted by Gasteiger charge is 2.49. The number of rotatable bonds is 3. The lowest BCUT2D eigenvalue weighted by Gasteiger charge is -2.21. The summed E-state index contributed by atoms with van der Waals surface area (Å²) in [5.74, 6) is -1.40. The minimum Gasteiger partial charge on any atom is -0.351 e.